The molecule has 0 bridgehead atoms. The first kappa shape index (κ1) is 24.4. The van der Waals surface area contributed by atoms with E-state index in [1.807, 2.05) is 0 Å². The third-order valence-corrected chi connectivity index (χ3v) is 4.38. The number of esters is 1. The van der Waals surface area contributed by atoms with Crippen LogP contribution < -0.4 is 20.1 Å². The number of Topliss-reactive ketones (excluding diaryl/α,β-unsaturated/α-hetero) is 1. The van der Waals surface area contributed by atoms with Crippen LogP contribution in [0.2, 0.25) is 0 Å². The zero-order valence-electron chi connectivity index (χ0n) is 18.2. The van der Waals surface area contributed by atoms with Gasteiger partial charge in [-0.15, -0.1) is 0 Å². The number of hydrogen-bond acceptors (Lipinski definition) is 7. The van der Waals surface area contributed by atoms with Gasteiger partial charge in [-0.1, -0.05) is 12.1 Å². The lowest BCUT2D eigenvalue weighted by molar-refractivity contribution is -0.147. The molecule has 0 spiro atoms. The summed E-state index contributed by atoms with van der Waals surface area (Å²) in [6.45, 7) is 0.984. The summed E-state index contributed by atoms with van der Waals surface area (Å²) < 4.78 is 15.2. The summed E-state index contributed by atoms with van der Waals surface area (Å²) in [5, 5.41) is 5.28. The number of methoxy groups -OCH3 is 2. The third-order valence-electron chi connectivity index (χ3n) is 4.38. The Bertz CT molecular complexity index is 988. The van der Waals surface area contributed by atoms with Crippen LogP contribution in [0.25, 0.3) is 0 Å². The number of benzene rings is 2. The van der Waals surface area contributed by atoms with Crippen LogP contribution in [0.3, 0.4) is 0 Å². The Labute approximate surface area is 186 Å². The molecule has 2 aromatic carbocycles. The predicted molar refractivity (Wildman–Crippen MR) is 118 cm³/mol. The lowest BCUT2D eigenvalue weighted by Crippen LogP contribution is -2.21. The van der Waals surface area contributed by atoms with Crippen LogP contribution in [0.4, 0.5) is 11.4 Å². The molecule has 2 N–H and O–H groups in total. The van der Waals surface area contributed by atoms with E-state index in [1.165, 1.54) is 21.1 Å². The maximum atomic E-state index is 12.0. The van der Waals surface area contributed by atoms with E-state index in [1.54, 1.807) is 42.5 Å². The van der Waals surface area contributed by atoms with Gasteiger partial charge in [0.1, 0.15) is 11.5 Å². The van der Waals surface area contributed by atoms with Crippen LogP contribution in [-0.2, 0) is 19.1 Å². The van der Waals surface area contributed by atoms with Crippen molar-refractivity contribution in [2.75, 3.05) is 31.5 Å². The minimum Gasteiger partial charge on any atom is -0.497 e. The highest BCUT2D eigenvalue weighted by Crippen LogP contribution is 2.28. The molecule has 0 radical (unpaired) electrons. The molecule has 0 aliphatic heterocycles. The van der Waals surface area contributed by atoms with Crippen molar-refractivity contribution in [3.05, 3.63) is 48.0 Å². The molecule has 2 amide bonds. The summed E-state index contributed by atoms with van der Waals surface area (Å²) in [6, 6.07) is 11.5. The molecule has 0 unspecified atom stereocenters. The Morgan fingerprint density at radius 1 is 0.875 bits per heavy atom. The highest BCUT2D eigenvalue weighted by atomic mass is 16.5. The molecule has 2 rings (SSSR count). The van der Waals surface area contributed by atoms with Crippen LogP contribution in [0.1, 0.15) is 36.5 Å². The average molecular weight is 442 g/mol. The van der Waals surface area contributed by atoms with Crippen LogP contribution >= 0.6 is 0 Å². The lowest BCUT2D eigenvalue weighted by Gasteiger charge is -2.11. The standard InChI is InChI=1S/C23H26N2O7/c1-15(26)16-6-4-7-17(12-16)24-21(27)8-5-9-23(29)32-14-22(28)25-19-11-10-18(30-2)13-20(19)31-3/h4,6-7,10-13H,5,8-9,14H2,1-3H3,(H,24,27)(H,25,28). The van der Waals surface area contributed by atoms with Gasteiger partial charge in [0, 0.05) is 30.2 Å². The number of nitrogens with one attached hydrogen (secondary N) is 2. The molecule has 0 heterocycles. The molecular weight excluding hydrogens is 416 g/mol. The summed E-state index contributed by atoms with van der Waals surface area (Å²) in [4.78, 5) is 47.3. The van der Waals surface area contributed by atoms with E-state index >= 15 is 0 Å². The molecule has 0 aliphatic carbocycles. The maximum absolute atomic E-state index is 12.0. The van der Waals surface area contributed by atoms with Gasteiger partial charge in [0.2, 0.25) is 5.91 Å². The number of hydrogen-bond donors (Lipinski definition) is 2. The van der Waals surface area contributed by atoms with E-state index in [0.29, 0.717) is 28.4 Å². The van der Waals surface area contributed by atoms with Gasteiger partial charge in [0.25, 0.3) is 5.91 Å². The summed E-state index contributed by atoms with van der Waals surface area (Å²) in [7, 11) is 2.97. The number of ketones is 1. The normalized spacial score (nSPS) is 10.1. The van der Waals surface area contributed by atoms with Gasteiger partial charge in [0.05, 0.1) is 19.9 Å². The van der Waals surface area contributed by atoms with Crippen molar-refractivity contribution in [3.63, 3.8) is 0 Å². The second-order valence-corrected chi connectivity index (χ2v) is 6.81. The quantitative estimate of drug-likeness (QED) is 0.405. The Kier molecular flexibility index (Phi) is 9.22. The first-order valence-corrected chi connectivity index (χ1v) is 9.90. The van der Waals surface area contributed by atoms with E-state index in [2.05, 4.69) is 10.6 Å². The lowest BCUT2D eigenvalue weighted by atomic mass is 10.1. The van der Waals surface area contributed by atoms with E-state index < -0.39 is 18.5 Å². The van der Waals surface area contributed by atoms with Crippen LogP contribution in [0.15, 0.2) is 42.5 Å². The highest BCUT2D eigenvalue weighted by Gasteiger charge is 2.12. The maximum Gasteiger partial charge on any atom is 0.306 e. The monoisotopic (exact) mass is 442 g/mol. The minimum absolute atomic E-state index is 0.0138. The fourth-order valence-electron chi connectivity index (χ4n) is 2.74. The van der Waals surface area contributed by atoms with Gasteiger partial charge in [-0.2, -0.15) is 0 Å². The highest BCUT2D eigenvalue weighted by molar-refractivity contribution is 5.97. The number of amides is 2. The number of rotatable bonds is 11. The number of carbonyl (C=O) groups excluding carboxylic acids is 4. The van der Waals surface area contributed by atoms with Crippen molar-refractivity contribution in [3.8, 4) is 11.5 Å². The predicted octanol–water partition coefficient (Wildman–Crippen LogP) is 3.20. The Hall–Kier alpha value is -3.88. The van der Waals surface area contributed by atoms with Crippen LogP contribution in [0.5, 0.6) is 11.5 Å². The van der Waals surface area contributed by atoms with E-state index in [-0.39, 0.29) is 31.0 Å². The molecule has 170 valence electrons. The summed E-state index contributed by atoms with van der Waals surface area (Å²) in [5.74, 6) is -0.523. The molecule has 0 fully saturated rings. The summed E-state index contributed by atoms with van der Waals surface area (Å²) >= 11 is 0. The zero-order valence-corrected chi connectivity index (χ0v) is 18.2. The van der Waals surface area contributed by atoms with Gasteiger partial charge < -0.3 is 24.8 Å². The second-order valence-electron chi connectivity index (χ2n) is 6.81. The van der Waals surface area contributed by atoms with Crippen molar-refractivity contribution in [2.24, 2.45) is 0 Å². The largest absolute Gasteiger partial charge is 0.497 e. The molecular formula is C23H26N2O7. The number of carbonyl (C=O) groups is 4. The fraction of sp³-hybridized carbons (Fsp3) is 0.304. The van der Waals surface area contributed by atoms with Gasteiger partial charge in [0.15, 0.2) is 12.4 Å². The molecule has 2 aromatic rings. The molecule has 32 heavy (non-hydrogen) atoms. The molecule has 0 saturated carbocycles. The molecule has 9 heteroatoms. The van der Waals surface area contributed by atoms with Gasteiger partial charge in [-0.25, -0.2) is 0 Å². The van der Waals surface area contributed by atoms with E-state index in [4.69, 9.17) is 14.2 Å². The zero-order chi connectivity index (χ0) is 23.5. The molecule has 0 aromatic heterocycles. The fourth-order valence-corrected chi connectivity index (χ4v) is 2.74. The molecule has 9 nitrogen and oxygen atoms in total. The molecule has 0 aliphatic rings. The van der Waals surface area contributed by atoms with E-state index in [9.17, 15) is 19.2 Å². The van der Waals surface area contributed by atoms with Crippen molar-refractivity contribution >= 4 is 34.9 Å². The van der Waals surface area contributed by atoms with Crippen molar-refractivity contribution < 1.29 is 33.4 Å². The van der Waals surface area contributed by atoms with Gasteiger partial charge in [-0.3, -0.25) is 19.2 Å². The van der Waals surface area contributed by atoms with Gasteiger partial charge >= 0.3 is 5.97 Å². The Morgan fingerprint density at radius 2 is 1.66 bits per heavy atom. The SMILES string of the molecule is COc1ccc(NC(=O)COC(=O)CCCC(=O)Nc2cccc(C(C)=O)c2)c(OC)c1. The Balaban J connectivity index is 1.71. The van der Waals surface area contributed by atoms with E-state index in [0.717, 1.165) is 0 Å². The van der Waals surface area contributed by atoms with Crippen molar-refractivity contribution in [1.29, 1.82) is 0 Å². The number of anilines is 2. The average Bonchev–Trinajstić information content (AvgIpc) is 2.78. The van der Waals surface area contributed by atoms with Gasteiger partial charge in [-0.05, 0) is 37.6 Å². The second kappa shape index (κ2) is 12.1. The first-order chi connectivity index (χ1) is 15.3. The molecule has 0 saturated heterocycles. The minimum atomic E-state index is -0.590. The van der Waals surface area contributed by atoms with Crippen LogP contribution in [0, 0.1) is 0 Å². The first-order valence-electron chi connectivity index (χ1n) is 9.90. The smallest absolute Gasteiger partial charge is 0.306 e. The number of ether oxygens (including phenoxy) is 3. The van der Waals surface area contributed by atoms with Crippen molar-refractivity contribution in [2.45, 2.75) is 26.2 Å². The summed E-state index contributed by atoms with van der Waals surface area (Å²) in [5.41, 5.74) is 1.42. The van der Waals surface area contributed by atoms with Crippen molar-refractivity contribution in [1.82, 2.24) is 0 Å². The summed E-state index contributed by atoms with van der Waals surface area (Å²) in [6.07, 6.45) is 0.333. The molecule has 0 atom stereocenters. The van der Waals surface area contributed by atoms with Crippen LogP contribution in [-0.4, -0.2) is 44.4 Å². The Morgan fingerprint density at radius 3 is 2.34 bits per heavy atom. The third kappa shape index (κ3) is 7.75. The topological polar surface area (TPSA) is 120 Å².